The Kier molecular flexibility index (Phi) is 7.05. The summed E-state index contributed by atoms with van der Waals surface area (Å²) in [5.74, 6) is 0.730. The summed E-state index contributed by atoms with van der Waals surface area (Å²) in [6.45, 7) is 4.58. The van der Waals surface area contributed by atoms with Crippen molar-refractivity contribution in [3.8, 4) is 0 Å². The van der Waals surface area contributed by atoms with Crippen LogP contribution in [0.3, 0.4) is 0 Å². The minimum Gasteiger partial charge on any atom is -0.143 e. The molecule has 0 fully saturated rings. The van der Waals surface area contributed by atoms with Crippen LogP contribution in [0.4, 0.5) is 0 Å². The smallest absolute Gasteiger partial charge is 0.00401 e. The van der Waals surface area contributed by atoms with Crippen LogP contribution in [0.15, 0.2) is 53.4 Å². The first-order chi connectivity index (χ1) is 10.7. The van der Waals surface area contributed by atoms with Crippen molar-refractivity contribution < 1.29 is 0 Å². The summed E-state index contributed by atoms with van der Waals surface area (Å²) in [7, 11) is 0. The summed E-state index contributed by atoms with van der Waals surface area (Å²) in [6.07, 6.45) is 7.33. The Balaban J connectivity index is 1.91. The fourth-order valence-corrected chi connectivity index (χ4v) is 3.27. The maximum absolute atomic E-state index is 4.34. The van der Waals surface area contributed by atoms with E-state index in [1.165, 1.54) is 48.8 Å². The molecule has 1 heteroatoms. The molecule has 0 amide bonds. The lowest BCUT2D eigenvalue weighted by Crippen LogP contribution is -1.98. The summed E-state index contributed by atoms with van der Waals surface area (Å²) in [6, 6.07) is 17.8. The zero-order valence-corrected chi connectivity index (χ0v) is 14.8. The third kappa shape index (κ3) is 5.21. The molecule has 0 saturated carbocycles. The maximum Gasteiger partial charge on any atom is 0.00401 e. The predicted molar refractivity (Wildman–Crippen MR) is 100 cm³/mol. The lowest BCUT2D eigenvalue weighted by Gasteiger charge is -2.15. The van der Waals surface area contributed by atoms with Crippen molar-refractivity contribution >= 4 is 12.6 Å². The second-order valence-electron chi connectivity index (χ2n) is 6.16. The Hall–Kier alpha value is -1.21. The van der Waals surface area contributed by atoms with Crippen LogP contribution in [-0.2, 0) is 12.8 Å². The van der Waals surface area contributed by atoms with Crippen molar-refractivity contribution in [2.24, 2.45) is 0 Å². The van der Waals surface area contributed by atoms with Gasteiger partial charge in [-0.05, 0) is 66.8 Å². The molecular weight excluding hydrogens is 284 g/mol. The normalized spacial score (nSPS) is 12.3. The summed E-state index contributed by atoms with van der Waals surface area (Å²) in [5, 5.41) is 0. The molecule has 118 valence electrons. The van der Waals surface area contributed by atoms with E-state index in [4.69, 9.17) is 0 Å². The highest BCUT2D eigenvalue weighted by Gasteiger charge is 2.08. The highest BCUT2D eigenvalue weighted by atomic mass is 32.1. The van der Waals surface area contributed by atoms with Crippen LogP contribution in [0.25, 0.3) is 0 Å². The Bertz CT molecular complexity index is 556. The van der Waals surface area contributed by atoms with Gasteiger partial charge in [-0.3, -0.25) is 0 Å². The van der Waals surface area contributed by atoms with Gasteiger partial charge in [-0.25, -0.2) is 0 Å². The molecule has 0 N–H and O–H groups in total. The fraction of sp³-hybridized carbons (Fsp3) is 0.429. The molecule has 1 atom stereocenters. The molecule has 2 rings (SSSR count). The second kappa shape index (κ2) is 9.05. The molecule has 0 aliphatic heterocycles. The Morgan fingerprint density at radius 2 is 1.64 bits per heavy atom. The second-order valence-corrected chi connectivity index (χ2v) is 6.68. The van der Waals surface area contributed by atoms with Gasteiger partial charge >= 0.3 is 0 Å². The van der Waals surface area contributed by atoms with E-state index >= 15 is 0 Å². The molecule has 2 aromatic carbocycles. The third-order valence-electron chi connectivity index (χ3n) is 4.42. The van der Waals surface area contributed by atoms with Gasteiger partial charge in [-0.15, -0.1) is 12.6 Å². The van der Waals surface area contributed by atoms with Gasteiger partial charge in [0.2, 0.25) is 0 Å². The van der Waals surface area contributed by atoms with Gasteiger partial charge in [-0.2, -0.15) is 0 Å². The third-order valence-corrected chi connectivity index (χ3v) is 4.72. The predicted octanol–water partition coefficient (Wildman–Crippen LogP) is 6.44. The van der Waals surface area contributed by atoms with E-state index in [2.05, 4.69) is 75.0 Å². The van der Waals surface area contributed by atoms with Gasteiger partial charge in [0.05, 0.1) is 0 Å². The van der Waals surface area contributed by atoms with E-state index in [0.29, 0.717) is 0 Å². The minimum absolute atomic E-state index is 0.730. The van der Waals surface area contributed by atoms with Crippen LogP contribution in [-0.4, -0.2) is 0 Å². The van der Waals surface area contributed by atoms with E-state index in [-0.39, 0.29) is 0 Å². The molecule has 0 spiro atoms. The van der Waals surface area contributed by atoms with E-state index in [9.17, 15) is 0 Å². The number of rotatable bonds is 8. The van der Waals surface area contributed by atoms with Crippen molar-refractivity contribution in [2.45, 2.75) is 63.2 Å². The molecule has 0 aliphatic rings. The Morgan fingerprint density at radius 1 is 0.909 bits per heavy atom. The largest absolute Gasteiger partial charge is 0.143 e. The van der Waals surface area contributed by atoms with E-state index in [0.717, 1.165) is 17.2 Å². The van der Waals surface area contributed by atoms with Gasteiger partial charge in [0.1, 0.15) is 0 Å². The lowest BCUT2D eigenvalue weighted by atomic mass is 9.90. The van der Waals surface area contributed by atoms with Gasteiger partial charge in [0, 0.05) is 4.90 Å². The monoisotopic (exact) mass is 312 g/mol. The minimum atomic E-state index is 0.730. The van der Waals surface area contributed by atoms with Crippen molar-refractivity contribution in [3.05, 3.63) is 65.2 Å². The zero-order valence-electron chi connectivity index (χ0n) is 13.9. The molecule has 0 aromatic heterocycles. The van der Waals surface area contributed by atoms with Crippen LogP contribution in [0.2, 0.25) is 0 Å². The van der Waals surface area contributed by atoms with Gasteiger partial charge in [0.15, 0.2) is 0 Å². The summed E-state index contributed by atoms with van der Waals surface area (Å²) in [4.78, 5) is 1.04. The molecule has 0 nitrogen and oxygen atoms in total. The number of aryl methyl sites for hydroxylation is 2. The molecule has 0 aliphatic carbocycles. The van der Waals surface area contributed by atoms with Crippen molar-refractivity contribution in [1.29, 1.82) is 0 Å². The Morgan fingerprint density at radius 3 is 2.32 bits per heavy atom. The van der Waals surface area contributed by atoms with Crippen LogP contribution in [0.5, 0.6) is 0 Å². The number of hydrogen-bond acceptors (Lipinski definition) is 1. The highest BCUT2D eigenvalue weighted by Crippen LogP contribution is 2.25. The number of thiol groups is 1. The molecular formula is C21H28S. The van der Waals surface area contributed by atoms with E-state index in [1.807, 2.05) is 0 Å². The SMILES string of the molecule is CCCC(CC)c1cccc(CCCc2ccc(S)cc2)c1. The number of hydrogen-bond donors (Lipinski definition) is 1. The van der Waals surface area contributed by atoms with Gasteiger partial charge in [0.25, 0.3) is 0 Å². The van der Waals surface area contributed by atoms with Crippen LogP contribution < -0.4 is 0 Å². The standard InChI is InChI=1S/C21H28S/c1-3-7-19(4-2)20-11-6-10-18(16-20)9-5-8-17-12-14-21(22)15-13-17/h6,10-16,19,22H,3-5,7-9H2,1-2H3. The van der Waals surface area contributed by atoms with Gasteiger partial charge < -0.3 is 0 Å². The topological polar surface area (TPSA) is 0 Å². The molecule has 0 radical (unpaired) electrons. The first kappa shape index (κ1) is 17.1. The van der Waals surface area contributed by atoms with E-state index in [1.54, 1.807) is 0 Å². The zero-order chi connectivity index (χ0) is 15.8. The maximum atomic E-state index is 4.34. The first-order valence-corrected chi connectivity index (χ1v) is 9.04. The molecule has 0 saturated heterocycles. The van der Waals surface area contributed by atoms with Crippen molar-refractivity contribution in [2.75, 3.05) is 0 Å². The average molecular weight is 313 g/mol. The van der Waals surface area contributed by atoms with Crippen molar-refractivity contribution in [3.63, 3.8) is 0 Å². The first-order valence-electron chi connectivity index (χ1n) is 8.59. The molecule has 2 aromatic rings. The molecule has 1 unspecified atom stereocenters. The lowest BCUT2D eigenvalue weighted by molar-refractivity contribution is 0.595. The summed E-state index contributed by atoms with van der Waals surface area (Å²) >= 11 is 4.34. The summed E-state index contributed by atoms with van der Waals surface area (Å²) in [5.41, 5.74) is 4.42. The average Bonchev–Trinajstić information content (AvgIpc) is 2.55. The van der Waals surface area contributed by atoms with Crippen molar-refractivity contribution in [1.82, 2.24) is 0 Å². The van der Waals surface area contributed by atoms with E-state index < -0.39 is 0 Å². The van der Waals surface area contributed by atoms with Crippen LogP contribution in [0, 0.1) is 0 Å². The van der Waals surface area contributed by atoms with Gasteiger partial charge in [-0.1, -0.05) is 56.7 Å². The number of benzene rings is 2. The quantitative estimate of drug-likeness (QED) is 0.532. The fourth-order valence-electron chi connectivity index (χ4n) is 3.12. The Labute approximate surface area is 141 Å². The molecule has 0 heterocycles. The summed E-state index contributed by atoms with van der Waals surface area (Å²) < 4.78 is 0. The molecule has 0 bridgehead atoms. The van der Waals surface area contributed by atoms with Crippen LogP contribution in [0.1, 0.15) is 62.1 Å². The van der Waals surface area contributed by atoms with Crippen LogP contribution >= 0.6 is 12.6 Å². The molecule has 22 heavy (non-hydrogen) atoms. The highest BCUT2D eigenvalue weighted by molar-refractivity contribution is 7.80.